The van der Waals surface area contributed by atoms with E-state index in [1.165, 1.54) is 0 Å². The maximum absolute atomic E-state index is 11.9. The van der Waals surface area contributed by atoms with Crippen molar-refractivity contribution in [2.24, 2.45) is 5.92 Å². The van der Waals surface area contributed by atoms with E-state index in [1.54, 1.807) is 0 Å². The van der Waals surface area contributed by atoms with Gasteiger partial charge in [-0.1, -0.05) is 6.07 Å². The molecular formula is C11H12Br2N2O. The summed E-state index contributed by atoms with van der Waals surface area (Å²) in [5, 5.41) is 6.13. The first-order chi connectivity index (χ1) is 7.68. The zero-order chi connectivity index (χ0) is 11.5. The molecule has 1 saturated heterocycles. The van der Waals surface area contributed by atoms with E-state index in [0.717, 1.165) is 34.1 Å². The van der Waals surface area contributed by atoms with Crippen LogP contribution >= 0.6 is 31.9 Å². The van der Waals surface area contributed by atoms with Crippen LogP contribution in [0.25, 0.3) is 0 Å². The first-order valence-electron chi connectivity index (χ1n) is 5.14. The van der Waals surface area contributed by atoms with E-state index < -0.39 is 0 Å². The van der Waals surface area contributed by atoms with Crippen molar-refractivity contribution in [3.05, 3.63) is 27.1 Å². The minimum atomic E-state index is 0.0811. The summed E-state index contributed by atoms with van der Waals surface area (Å²) in [5.74, 6) is 0.164. The normalized spacial score (nSPS) is 19.8. The van der Waals surface area contributed by atoms with Gasteiger partial charge in [0.25, 0.3) is 0 Å². The van der Waals surface area contributed by atoms with Gasteiger partial charge in [-0.2, -0.15) is 0 Å². The summed E-state index contributed by atoms with van der Waals surface area (Å²) < 4.78 is 1.78. The third kappa shape index (κ3) is 2.64. The molecule has 0 saturated carbocycles. The summed E-state index contributed by atoms with van der Waals surface area (Å²) in [4.78, 5) is 11.9. The highest BCUT2D eigenvalue weighted by Gasteiger charge is 2.23. The van der Waals surface area contributed by atoms with Crippen LogP contribution in [0.1, 0.15) is 6.42 Å². The molecule has 86 valence electrons. The molecule has 3 nitrogen and oxygen atoms in total. The van der Waals surface area contributed by atoms with Crippen LogP contribution in [-0.4, -0.2) is 19.0 Å². The second-order valence-electron chi connectivity index (χ2n) is 3.78. The topological polar surface area (TPSA) is 41.1 Å². The van der Waals surface area contributed by atoms with Gasteiger partial charge < -0.3 is 10.6 Å². The number of rotatable bonds is 2. The van der Waals surface area contributed by atoms with Gasteiger partial charge in [-0.3, -0.25) is 4.79 Å². The summed E-state index contributed by atoms with van der Waals surface area (Å²) in [6, 6.07) is 5.74. The zero-order valence-corrected chi connectivity index (χ0v) is 11.8. The van der Waals surface area contributed by atoms with Crippen LogP contribution in [0.4, 0.5) is 5.69 Å². The standard InChI is InChI=1S/C11H12Br2N2O/c12-8-2-1-3-9(13)10(8)15-11(16)7-4-5-14-6-7/h1-3,7,14H,4-6H2,(H,15,16). The predicted molar refractivity (Wildman–Crippen MR) is 71.4 cm³/mol. The monoisotopic (exact) mass is 346 g/mol. The minimum absolute atomic E-state index is 0.0811. The number of carbonyl (C=O) groups is 1. The molecule has 0 bridgehead atoms. The lowest BCUT2D eigenvalue weighted by molar-refractivity contribution is -0.119. The highest BCUT2D eigenvalue weighted by atomic mass is 79.9. The molecule has 1 aliphatic heterocycles. The van der Waals surface area contributed by atoms with E-state index in [-0.39, 0.29) is 11.8 Å². The smallest absolute Gasteiger partial charge is 0.228 e. The van der Waals surface area contributed by atoms with Crippen molar-refractivity contribution in [3.8, 4) is 0 Å². The lowest BCUT2D eigenvalue weighted by Gasteiger charge is -2.12. The van der Waals surface area contributed by atoms with Gasteiger partial charge in [-0.25, -0.2) is 0 Å². The Hall–Kier alpha value is -0.390. The molecule has 2 rings (SSSR count). The Labute approximate surface area is 111 Å². The maximum Gasteiger partial charge on any atom is 0.228 e. The molecule has 0 radical (unpaired) electrons. The number of para-hydroxylation sites is 1. The van der Waals surface area contributed by atoms with Crippen LogP contribution in [-0.2, 0) is 4.79 Å². The first kappa shape index (κ1) is 12.1. The lowest BCUT2D eigenvalue weighted by atomic mass is 10.1. The Balaban J connectivity index is 2.11. The molecule has 1 unspecified atom stereocenters. The Morgan fingerprint density at radius 2 is 2.06 bits per heavy atom. The van der Waals surface area contributed by atoms with Crippen LogP contribution in [0, 0.1) is 5.92 Å². The van der Waals surface area contributed by atoms with E-state index in [0.29, 0.717) is 0 Å². The number of nitrogens with one attached hydrogen (secondary N) is 2. The molecule has 2 N–H and O–H groups in total. The number of anilines is 1. The Bertz CT molecular complexity index is 383. The van der Waals surface area contributed by atoms with Crippen molar-refractivity contribution < 1.29 is 4.79 Å². The van der Waals surface area contributed by atoms with E-state index in [9.17, 15) is 4.79 Å². The largest absolute Gasteiger partial charge is 0.324 e. The predicted octanol–water partition coefficient (Wildman–Crippen LogP) is 2.76. The Morgan fingerprint density at radius 1 is 1.38 bits per heavy atom. The van der Waals surface area contributed by atoms with Crippen LogP contribution in [0.15, 0.2) is 27.1 Å². The molecule has 0 aliphatic carbocycles. The molecular weight excluding hydrogens is 336 g/mol. The van der Waals surface area contributed by atoms with Gasteiger partial charge in [-0.05, 0) is 57.0 Å². The van der Waals surface area contributed by atoms with E-state index in [2.05, 4.69) is 42.5 Å². The van der Waals surface area contributed by atoms with Gasteiger partial charge in [0.05, 0.1) is 11.6 Å². The van der Waals surface area contributed by atoms with E-state index in [4.69, 9.17) is 0 Å². The highest BCUT2D eigenvalue weighted by Crippen LogP contribution is 2.31. The molecule has 5 heteroatoms. The molecule has 1 aromatic carbocycles. The fourth-order valence-electron chi connectivity index (χ4n) is 1.72. The second kappa shape index (κ2) is 5.29. The quantitative estimate of drug-likeness (QED) is 0.863. The molecule has 1 heterocycles. The van der Waals surface area contributed by atoms with Gasteiger partial charge in [0, 0.05) is 15.5 Å². The van der Waals surface area contributed by atoms with Gasteiger partial charge >= 0.3 is 0 Å². The summed E-state index contributed by atoms with van der Waals surface area (Å²) in [6.45, 7) is 1.70. The molecule has 1 aliphatic rings. The average molecular weight is 348 g/mol. The van der Waals surface area contributed by atoms with Gasteiger partial charge in [0.1, 0.15) is 0 Å². The molecule has 16 heavy (non-hydrogen) atoms. The van der Waals surface area contributed by atoms with Gasteiger partial charge in [0.2, 0.25) is 5.91 Å². The Morgan fingerprint density at radius 3 is 2.62 bits per heavy atom. The van der Waals surface area contributed by atoms with Crippen LogP contribution in [0.3, 0.4) is 0 Å². The second-order valence-corrected chi connectivity index (χ2v) is 5.48. The molecule has 1 aromatic rings. The molecule has 1 atom stereocenters. The first-order valence-corrected chi connectivity index (χ1v) is 6.72. The van der Waals surface area contributed by atoms with Crippen molar-refractivity contribution >= 4 is 43.5 Å². The number of hydrogen-bond acceptors (Lipinski definition) is 2. The number of halogens is 2. The maximum atomic E-state index is 11.9. The third-order valence-corrected chi connectivity index (χ3v) is 3.96. The summed E-state index contributed by atoms with van der Waals surface area (Å²) in [6.07, 6.45) is 0.911. The number of amides is 1. The molecule has 1 amide bonds. The number of benzene rings is 1. The average Bonchev–Trinajstić information content (AvgIpc) is 2.76. The van der Waals surface area contributed by atoms with E-state index >= 15 is 0 Å². The minimum Gasteiger partial charge on any atom is -0.324 e. The van der Waals surface area contributed by atoms with Crippen LogP contribution in [0.2, 0.25) is 0 Å². The fourth-order valence-corrected chi connectivity index (χ4v) is 2.92. The highest BCUT2D eigenvalue weighted by molar-refractivity contribution is 9.11. The van der Waals surface area contributed by atoms with Crippen LogP contribution in [0.5, 0.6) is 0 Å². The lowest BCUT2D eigenvalue weighted by Crippen LogP contribution is -2.24. The number of hydrogen-bond donors (Lipinski definition) is 2. The summed E-state index contributed by atoms with van der Waals surface area (Å²) in [5.41, 5.74) is 0.805. The zero-order valence-electron chi connectivity index (χ0n) is 8.59. The van der Waals surface area contributed by atoms with Crippen molar-refractivity contribution in [2.75, 3.05) is 18.4 Å². The van der Waals surface area contributed by atoms with Crippen molar-refractivity contribution in [1.29, 1.82) is 0 Å². The van der Waals surface area contributed by atoms with Crippen molar-refractivity contribution in [2.45, 2.75) is 6.42 Å². The molecule has 1 fully saturated rings. The summed E-state index contributed by atoms with van der Waals surface area (Å²) >= 11 is 6.85. The fraction of sp³-hybridized carbons (Fsp3) is 0.364. The van der Waals surface area contributed by atoms with Gasteiger partial charge in [-0.15, -0.1) is 0 Å². The SMILES string of the molecule is O=C(Nc1c(Br)cccc1Br)C1CCNC1. The Kier molecular flexibility index (Phi) is 4.00. The van der Waals surface area contributed by atoms with Crippen molar-refractivity contribution in [3.63, 3.8) is 0 Å². The van der Waals surface area contributed by atoms with E-state index in [1.807, 2.05) is 18.2 Å². The van der Waals surface area contributed by atoms with Gasteiger partial charge in [0.15, 0.2) is 0 Å². The number of carbonyl (C=O) groups excluding carboxylic acids is 1. The molecule has 0 spiro atoms. The summed E-state index contributed by atoms with van der Waals surface area (Å²) in [7, 11) is 0. The third-order valence-electron chi connectivity index (χ3n) is 2.64. The van der Waals surface area contributed by atoms with Crippen LogP contribution < -0.4 is 10.6 Å². The van der Waals surface area contributed by atoms with Crippen molar-refractivity contribution in [1.82, 2.24) is 5.32 Å². The molecule has 0 aromatic heterocycles.